The second-order valence-electron chi connectivity index (χ2n) is 7.25. The Balaban J connectivity index is 1.68. The molecule has 3 aliphatic rings. The molecule has 0 saturated heterocycles. The van der Waals surface area contributed by atoms with Gasteiger partial charge in [-0.15, -0.1) is 0 Å². The molecule has 0 radical (unpaired) electrons. The van der Waals surface area contributed by atoms with E-state index in [9.17, 15) is 5.26 Å². The van der Waals surface area contributed by atoms with Gasteiger partial charge in [-0.2, -0.15) is 5.26 Å². The quantitative estimate of drug-likeness (QED) is 0.898. The Morgan fingerprint density at radius 1 is 0.952 bits per heavy atom. The van der Waals surface area contributed by atoms with Gasteiger partial charge in [-0.05, 0) is 61.5 Å². The molecule has 2 bridgehead atoms. The van der Waals surface area contributed by atoms with Gasteiger partial charge in [-0.25, -0.2) is 0 Å². The average Bonchev–Trinajstić information content (AvgIpc) is 3.07. The van der Waals surface area contributed by atoms with Crippen molar-refractivity contribution < 1.29 is 0 Å². The monoisotopic (exact) mass is 280 g/mol. The van der Waals surface area contributed by atoms with Crippen molar-refractivity contribution in [2.24, 2.45) is 11.8 Å². The molecule has 21 heavy (non-hydrogen) atoms. The second kappa shape index (κ2) is 5.14. The predicted octanol–water partition coefficient (Wildman–Crippen LogP) is 3.61. The van der Waals surface area contributed by atoms with Crippen molar-refractivity contribution in [2.75, 3.05) is 0 Å². The van der Waals surface area contributed by atoms with E-state index in [4.69, 9.17) is 0 Å². The van der Waals surface area contributed by atoms with Crippen LogP contribution in [-0.4, -0.2) is 11.6 Å². The zero-order chi connectivity index (χ0) is 14.3. The summed E-state index contributed by atoms with van der Waals surface area (Å²) < 4.78 is 0. The summed E-state index contributed by atoms with van der Waals surface area (Å²) in [5.41, 5.74) is 2.70. The Morgan fingerprint density at radius 3 is 2.05 bits per heavy atom. The SMILES string of the molecule is N#CC1(NC2CCCC2)C2CCC1Cc1ccccc1C2. The first kappa shape index (κ1) is 13.3. The van der Waals surface area contributed by atoms with E-state index in [1.165, 1.54) is 49.7 Å². The van der Waals surface area contributed by atoms with Gasteiger partial charge in [0.1, 0.15) is 5.54 Å². The van der Waals surface area contributed by atoms with E-state index < -0.39 is 0 Å². The Hall–Kier alpha value is -1.33. The van der Waals surface area contributed by atoms with Crippen molar-refractivity contribution in [2.45, 2.75) is 62.9 Å². The molecule has 2 heteroatoms. The van der Waals surface area contributed by atoms with Crippen LogP contribution < -0.4 is 5.32 Å². The molecule has 0 amide bonds. The summed E-state index contributed by atoms with van der Waals surface area (Å²) in [5, 5.41) is 13.9. The Kier molecular flexibility index (Phi) is 3.27. The van der Waals surface area contributed by atoms with Gasteiger partial charge in [0.15, 0.2) is 0 Å². The van der Waals surface area contributed by atoms with Crippen molar-refractivity contribution in [3.05, 3.63) is 35.4 Å². The van der Waals surface area contributed by atoms with Gasteiger partial charge in [0.25, 0.3) is 0 Å². The summed E-state index contributed by atoms with van der Waals surface area (Å²) >= 11 is 0. The molecule has 0 aliphatic heterocycles. The lowest BCUT2D eigenvalue weighted by molar-refractivity contribution is 0.229. The summed E-state index contributed by atoms with van der Waals surface area (Å²) in [7, 11) is 0. The van der Waals surface area contributed by atoms with Crippen molar-refractivity contribution in [3.63, 3.8) is 0 Å². The second-order valence-corrected chi connectivity index (χ2v) is 7.25. The molecule has 1 N–H and O–H groups in total. The van der Waals surface area contributed by atoms with Crippen LogP contribution in [-0.2, 0) is 12.8 Å². The first-order valence-electron chi connectivity index (χ1n) is 8.57. The zero-order valence-corrected chi connectivity index (χ0v) is 12.6. The van der Waals surface area contributed by atoms with Crippen LogP contribution >= 0.6 is 0 Å². The van der Waals surface area contributed by atoms with Crippen molar-refractivity contribution in [1.29, 1.82) is 5.26 Å². The maximum Gasteiger partial charge on any atom is 0.113 e. The third kappa shape index (κ3) is 2.10. The lowest BCUT2D eigenvalue weighted by Crippen LogP contribution is -2.55. The summed E-state index contributed by atoms with van der Waals surface area (Å²) in [4.78, 5) is 0. The van der Waals surface area contributed by atoms with Gasteiger partial charge in [0, 0.05) is 6.04 Å². The van der Waals surface area contributed by atoms with Crippen LogP contribution in [0.3, 0.4) is 0 Å². The van der Waals surface area contributed by atoms with Crippen LogP contribution in [0.5, 0.6) is 0 Å². The van der Waals surface area contributed by atoms with E-state index in [0.717, 1.165) is 12.8 Å². The standard InChI is InChI=1S/C19H24N2/c20-13-19(21-18-7-3-4-8-18)16-9-10-17(19)12-15-6-2-1-5-14(15)11-16/h1-2,5-6,16-18,21H,3-4,7-12H2. The van der Waals surface area contributed by atoms with Crippen LogP contribution in [0.4, 0.5) is 0 Å². The Morgan fingerprint density at radius 2 is 1.52 bits per heavy atom. The van der Waals surface area contributed by atoms with E-state index >= 15 is 0 Å². The lowest BCUT2D eigenvalue weighted by atomic mass is 9.79. The van der Waals surface area contributed by atoms with E-state index in [1.807, 2.05) is 0 Å². The molecule has 2 atom stereocenters. The maximum absolute atomic E-state index is 10.1. The normalized spacial score (nSPS) is 35.2. The average molecular weight is 280 g/mol. The van der Waals surface area contributed by atoms with Crippen LogP contribution in [0.2, 0.25) is 0 Å². The number of hydrogen-bond donors (Lipinski definition) is 1. The highest BCUT2D eigenvalue weighted by Crippen LogP contribution is 2.47. The number of nitrogens with one attached hydrogen (secondary N) is 1. The third-order valence-electron chi connectivity index (χ3n) is 6.19. The number of nitriles is 1. The molecule has 110 valence electrons. The summed E-state index contributed by atoms with van der Waals surface area (Å²) in [6.45, 7) is 0. The fourth-order valence-corrected chi connectivity index (χ4v) is 5.06. The number of hydrogen-bond acceptors (Lipinski definition) is 2. The van der Waals surface area contributed by atoms with Gasteiger partial charge >= 0.3 is 0 Å². The molecule has 0 spiro atoms. The number of benzene rings is 1. The maximum atomic E-state index is 10.1. The molecule has 1 aromatic carbocycles. The predicted molar refractivity (Wildman–Crippen MR) is 83.8 cm³/mol. The van der Waals surface area contributed by atoms with Gasteiger partial charge in [0.05, 0.1) is 6.07 Å². The minimum absolute atomic E-state index is 0.270. The van der Waals surface area contributed by atoms with Crippen LogP contribution in [0.25, 0.3) is 0 Å². The summed E-state index contributed by atoms with van der Waals surface area (Å²) in [6, 6.07) is 12.2. The third-order valence-corrected chi connectivity index (χ3v) is 6.19. The minimum Gasteiger partial charge on any atom is -0.296 e. The van der Waals surface area contributed by atoms with Gasteiger partial charge in [-0.3, -0.25) is 5.32 Å². The molecule has 1 aromatic rings. The molecular formula is C19H24N2. The zero-order valence-electron chi connectivity index (χ0n) is 12.6. The molecule has 2 saturated carbocycles. The van der Waals surface area contributed by atoms with E-state index in [2.05, 4.69) is 35.7 Å². The molecule has 2 fully saturated rings. The largest absolute Gasteiger partial charge is 0.296 e. The van der Waals surface area contributed by atoms with Crippen LogP contribution in [0.15, 0.2) is 24.3 Å². The van der Waals surface area contributed by atoms with E-state index in [0.29, 0.717) is 17.9 Å². The van der Waals surface area contributed by atoms with Gasteiger partial charge in [-0.1, -0.05) is 37.1 Å². The van der Waals surface area contributed by atoms with Crippen molar-refractivity contribution >= 4 is 0 Å². The molecule has 0 aromatic heterocycles. The van der Waals surface area contributed by atoms with Gasteiger partial charge in [0.2, 0.25) is 0 Å². The smallest absolute Gasteiger partial charge is 0.113 e. The van der Waals surface area contributed by atoms with E-state index in [1.54, 1.807) is 0 Å². The topological polar surface area (TPSA) is 35.8 Å². The van der Waals surface area contributed by atoms with Crippen molar-refractivity contribution in [3.8, 4) is 6.07 Å². The van der Waals surface area contributed by atoms with Crippen molar-refractivity contribution in [1.82, 2.24) is 5.32 Å². The Bertz CT molecular complexity index is 532. The number of nitrogens with zero attached hydrogens (tertiary/aromatic N) is 1. The minimum atomic E-state index is -0.270. The highest BCUT2D eigenvalue weighted by Gasteiger charge is 2.52. The number of fused-ring (bicyclic) bond motifs is 3. The highest BCUT2D eigenvalue weighted by atomic mass is 15.0. The Labute approximate surface area is 127 Å². The highest BCUT2D eigenvalue weighted by molar-refractivity contribution is 5.35. The van der Waals surface area contributed by atoms with Crippen LogP contribution in [0.1, 0.15) is 49.7 Å². The molecular weight excluding hydrogens is 256 g/mol. The molecule has 2 nitrogen and oxygen atoms in total. The summed E-state index contributed by atoms with van der Waals surface area (Å²) in [6.07, 6.45) is 9.77. The molecule has 2 unspecified atom stereocenters. The van der Waals surface area contributed by atoms with E-state index in [-0.39, 0.29) is 5.54 Å². The first-order valence-corrected chi connectivity index (χ1v) is 8.57. The molecule has 0 heterocycles. The first-order chi connectivity index (χ1) is 10.3. The molecule has 3 aliphatic carbocycles. The lowest BCUT2D eigenvalue weighted by Gasteiger charge is -2.36. The fourth-order valence-electron chi connectivity index (χ4n) is 5.06. The number of rotatable bonds is 2. The molecule has 4 rings (SSSR count). The summed E-state index contributed by atoms with van der Waals surface area (Å²) in [5.74, 6) is 0.994. The van der Waals surface area contributed by atoms with Gasteiger partial charge < -0.3 is 0 Å². The van der Waals surface area contributed by atoms with Crippen LogP contribution in [0, 0.1) is 23.2 Å². The fraction of sp³-hybridized carbons (Fsp3) is 0.632.